The number of hydrogen-bond donors (Lipinski definition) is 4. The third kappa shape index (κ3) is 12.3. The summed E-state index contributed by atoms with van der Waals surface area (Å²) in [7, 11) is -1.37. The Morgan fingerprint density at radius 3 is 2.33 bits per heavy atom. The van der Waals surface area contributed by atoms with Gasteiger partial charge in [-0.2, -0.15) is 0 Å². The first-order chi connectivity index (χ1) is 19.1. The van der Waals surface area contributed by atoms with Gasteiger partial charge in [0.05, 0.1) is 10.0 Å². The van der Waals surface area contributed by atoms with E-state index in [2.05, 4.69) is 11.8 Å². The standard InChI is InChI=1S/C29H48BCl2N3O5/c1-2-3-4-5-6-10-27(36)35(22-23-11-12-25(31)26(32)21-23)24-13-19-34(20-14-24)18-9-16-29(33,28(37)38)15-7-8-17-30(39)40/h11-12,21,24,39-40H,2-10,13-20,22,33H2,1H3,(H,37,38). The lowest BCUT2D eigenvalue weighted by Crippen LogP contribution is -2.49. The SMILES string of the molecule is CCCCCCCC(=O)N(Cc1ccc(Cl)c(Cl)c1)C1CCN(CCCC(N)(CCCCB(O)O)C(=O)O)CC1. The lowest BCUT2D eigenvalue weighted by molar-refractivity contribution is -0.144. The zero-order valence-corrected chi connectivity index (χ0v) is 25.5. The van der Waals surface area contributed by atoms with Gasteiger partial charge in [0.1, 0.15) is 5.54 Å². The Morgan fingerprint density at radius 2 is 1.70 bits per heavy atom. The molecule has 0 bridgehead atoms. The van der Waals surface area contributed by atoms with Crippen LogP contribution in [-0.4, -0.2) is 75.2 Å². The highest BCUT2D eigenvalue weighted by Gasteiger charge is 2.33. The van der Waals surface area contributed by atoms with Gasteiger partial charge in [0.25, 0.3) is 0 Å². The molecule has 1 aliphatic rings. The summed E-state index contributed by atoms with van der Waals surface area (Å²) in [6.45, 7) is 5.13. The molecule has 11 heteroatoms. The summed E-state index contributed by atoms with van der Waals surface area (Å²) in [6, 6.07) is 5.69. The summed E-state index contributed by atoms with van der Waals surface area (Å²) in [6.07, 6.45) is 10.4. The van der Waals surface area contributed by atoms with Crippen molar-refractivity contribution in [2.24, 2.45) is 5.73 Å². The zero-order valence-electron chi connectivity index (χ0n) is 24.0. The van der Waals surface area contributed by atoms with Crippen LogP contribution in [0.15, 0.2) is 18.2 Å². The van der Waals surface area contributed by atoms with Crippen molar-refractivity contribution in [2.75, 3.05) is 19.6 Å². The average Bonchev–Trinajstić information content (AvgIpc) is 2.92. The number of carbonyl (C=O) groups excluding carboxylic acids is 1. The number of nitrogens with zero attached hydrogens (tertiary/aromatic N) is 2. The Morgan fingerprint density at radius 1 is 1.02 bits per heavy atom. The molecule has 2 rings (SSSR count). The molecule has 1 atom stereocenters. The molecular weight excluding hydrogens is 552 g/mol. The fraction of sp³-hybridized carbons (Fsp3) is 0.724. The topological polar surface area (TPSA) is 127 Å². The molecule has 8 nitrogen and oxygen atoms in total. The molecule has 1 fully saturated rings. The summed E-state index contributed by atoms with van der Waals surface area (Å²) < 4.78 is 0. The largest absolute Gasteiger partial charge is 0.480 e. The molecule has 0 aliphatic carbocycles. The van der Waals surface area contributed by atoms with E-state index in [9.17, 15) is 14.7 Å². The maximum atomic E-state index is 13.4. The third-order valence-electron chi connectivity index (χ3n) is 8.01. The van der Waals surface area contributed by atoms with Crippen molar-refractivity contribution in [3.05, 3.63) is 33.8 Å². The number of halogens is 2. The molecule has 1 amide bonds. The molecule has 1 heterocycles. The maximum absolute atomic E-state index is 13.4. The first kappa shape index (κ1) is 34.8. The highest BCUT2D eigenvalue weighted by atomic mass is 35.5. The monoisotopic (exact) mass is 599 g/mol. The minimum absolute atomic E-state index is 0.142. The summed E-state index contributed by atoms with van der Waals surface area (Å²) in [5, 5.41) is 28.7. The highest BCUT2D eigenvalue weighted by molar-refractivity contribution is 6.42. The third-order valence-corrected chi connectivity index (χ3v) is 8.75. The Kier molecular flexibility index (Phi) is 15.9. The van der Waals surface area contributed by atoms with Gasteiger partial charge < -0.3 is 30.7 Å². The summed E-state index contributed by atoms with van der Waals surface area (Å²) in [4.78, 5) is 29.5. The summed E-state index contributed by atoms with van der Waals surface area (Å²) in [5.74, 6) is -0.828. The number of unbranched alkanes of at least 4 members (excludes halogenated alkanes) is 5. The molecule has 40 heavy (non-hydrogen) atoms. The second-order valence-electron chi connectivity index (χ2n) is 11.3. The average molecular weight is 600 g/mol. The van der Waals surface area contributed by atoms with Crippen LogP contribution in [0.1, 0.15) is 96.0 Å². The van der Waals surface area contributed by atoms with Crippen LogP contribution in [0.25, 0.3) is 0 Å². The van der Waals surface area contributed by atoms with Gasteiger partial charge in [-0.3, -0.25) is 9.59 Å². The predicted octanol–water partition coefficient (Wildman–Crippen LogP) is 5.35. The highest BCUT2D eigenvalue weighted by Crippen LogP contribution is 2.27. The van der Waals surface area contributed by atoms with Crippen molar-refractivity contribution in [3.63, 3.8) is 0 Å². The molecule has 0 spiro atoms. The van der Waals surface area contributed by atoms with Crippen LogP contribution in [-0.2, 0) is 16.1 Å². The van der Waals surface area contributed by atoms with Gasteiger partial charge >= 0.3 is 13.1 Å². The van der Waals surface area contributed by atoms with E-state index in [1.54, 1.807) is 6.07 Å². The molecule has 0 saturated carbocycles. The zero-order chi connectivity index (χ0) is 29.5. The number of aliphatic carboxylic acids is 1. The number of likely N-dealkylation sites (tertiary alicyclic amines) is 1. The minimum atomic E-state index is -1.37. The Balaban J connectivity index is 1.90. The Bertz CT molecular complexity index is 918. The van der Waals surface area contributed by atoms with Gasteiger partial charge in [-0.15, -0.1) is 0 Å². The number of hydrogen-bond acceptors (Lipinski definition) is 6. The normalized spacial score (nSPS) is 16.1. The molecule has 1 saturated heterocycles. The minimum Gasteiger partial charge on any atom is -0.480 e. The van der Waals surface area contributed by atoms with Crippen molar-refractivity contribution in [1.82, 2.24) is 9.80 Å². The van der Waals surface area contributed by atoms with Crippen molar-refractivity contribution < 1.29 is 24.7 Å². The molecular formula is C29H48BCl2N3O5. The summed E-state index contributed by atoms with van der Waals surface area (Å²) in [5.41, 5.74) is 5.89. The van der Waals surface area contributed by atoms with Crippen LogP contribution < -0.4 is 5.73 Å². The molecule has 0 aromatic heterocycles. The molecule has 226 valence electrons. The van der Waals surface area contributed by atoms with Crippen molar-refractivity contribution >= 4 is 42.2 Å². The number of benzene rings is 1. The van der Waals surface area contributed by atoms with Crippen molar-refractivity contribution in [1.29, 1.82) is 0 Å². The Hall–Kier alpha value is -1.36. The van der Waals surface area contributed by atoms with Gasteiger partial charge in [0.2, 0.25) is 5.91 Å². The molecule has 5 N–H and O–H groups in total. The van der Waals surface area contributed by atoms with E-state index in [0.717, 1.165) is 57.3 Å². The number of nitrogens with two attached hydrogens (primary N) is 1. The number of amides is 1. The number of rotatable bonds is 19. The summed E-state index contributed by atoms with van der Waals surface area (Å²) >= 11 is 12.4. The molecule has 1 aliphatic heterocycles. The quantitative estimate of drug-likeness (QED) is 0.125. The van der Waals surface area contributed by atoms with Gasteiger partial charge in [-0.05, 0) is 69.1 Å². The van der Waals surface area contributed by atoms with E-state index >= 15 is 0 Å². The number of carboxylic acid groups (broad SMARTS) is 1. The van der Waals surface area contributed by atoms with Gasteiger partial charge in [-0.25, -0.2) is 0 Å². The van der Waals surface area contributed by atoms with Crippen molar-refractivity contribution in [3.8, 4) is 0 Å². The molecule has 1 unspecified atom stereocenters. The lowest BCUT2D eigenvalue weighted by Gasteiger charge is -2.39. The van der Waals surface area contributed by atoms with E-state index in [0.29, 0.717) is 55.1 Å². The van der Waals surface area contributed by atoms with E-state index in [-0.39, 0.29) is 18.3 Å². The molecule has 1 aromatic carbocycles. The number of carbonyl (C=O) groups is 2. The van der Waals surface area contributed by atoms with Crippen molar-refractivity contribution in [2.45, 2.75) is 115 Å². The van der Waals surface area contributed by atoms with Crippen LogP contribution >= 0.6 is 23.2 Å². The smallest absolute Gasteiger partial charge is 0.451 e. The van der Waals surface area contributed by atoms with E-state index in [1.807, 2.05) is 17.0 Å². The first-order valence-electron chi connectivity index (χ1n) is 14.9. The van der Waals surface area contributed by atoms with Crippen LogP contribution in [0.2, 0.25) is 16.4 Å². The van der Waals surface area contributed by atoms with Crippen LogP contribution in [0.5, 0.6) is 0 Å². The maximum Gasteiger partial charge on any atom is 0.451 e. The second-order valence-corrected chi connectivity index (χ2v) is 12.1. The van der Waals surface area contributed by atoms with Crippen LogP contribution in [0, 0.1) is 0 Å². The Labute approximate surface area is 250 Å². The lowest BCUT2D eigenvalue weighted by atomic mass is 9.81. The van der Waals surface area contributed by atoms with E-state index < -0.39 is 18.6 Å². The first-order valence-corrected chi connectivity index (χ1v) is 15.7. The van der Waals surface area contributed by atoms with Gasteiger partial charge in [0, 0.05) is 32.1 Å². The number of piperidine rings is 1. The van der Waals surface area contributed by atoms with Gasteiger partial charge in [-0.1, -0.05) is 74.7 Å². The van der Waals surface area contributed by atoms with Gasteiger partial charge in [0.15, 0.2) is 0 Å². The van der Waals surface area contributed by atoms with Crippen LogP contribution in [0.3, 0.4) is 0 Å². The second kappa shape index (κ2) is 18.2. The van der Waals surface area contributed by atoms with Crippen LogP contribution in [0.4, 0.5) is 0 Å². The fourth-order valence-electron chi connectivity index (χ4n) is 5.46. The predicted molar refractivity (Wildman–Crippen MR) is 162 cm³/mol. The van der Waals surface area contributed by atoms with E-state index in [1.165, 1.54) is 12.8 Å². The molecule has 0 radical (unpaired) electrons. The fourth-order valence-corrected chi connectivity index (χ4v) is 5.78. The molecule has 1 aromatic rings. The number of carboxylic acids is 1. The van der Waals surface area contributed by atoms with E-state index in [4.69, 9.17) is 39.0 Å².